The number of hydrogen-bond donors (Lipinski definition) is 1. The Hall–Kier alpha value is -1.84. The lowest BCUT2D eigenvalue weighted by Gasteiger charge is -2.32. The molecular weight excluding hydrogens is 278 g/mol. The van der Waals surface area contributed by atoms with E-state index in [-0.39, 0.29) is 11.3 Å². The Balaban J connectivity index is 1.91. The molecule has 4 nitrogen and oxygen atoms in total. The van der Waals surface area contributed by atoms with E-state index in [4.69, 9.17) is 5.11 Å². The normalized spacial score (nSPS) is 19.0. The molecule has 0 radical (unpaired) electrons. The van der Waals surface area contributed by atoms with Gasteiger partial charge in [-0.3, -0.25) is 9.59 Å². The van der Waals surface area contributed by atoms with Crippen molar-refractivity contribution in [2.24, 2.45) is 5.92 Å². The average molecular weight is 303 g/mol. The molecule has 1 aliphatic heterocycles. The van der Waals surface area contributed by atoms with Crippen molar-refractivity contribution >= 4 is 11.9 Å². The third-order valence-electron chi connectivity index (χ3n) is 4.64. The second kappa shape index (κ2) is 6.95. The molecule has 1 fully saturated rings. The Kier molecular flexibility index (Phi) is 5.22. The topological polar surface area (TPSA) is 57.6 Å². The molecule has 22 heavy (non-hydrogen) atoms. The van der Waals surface area contributed by atoms with Gasteiger partial charge in [0, 0.05) is 19.5 Å². The van der Waals surface area contributed by atoms with E-state index in [2.05, 4.69) is 26.0 Å². The van der Waals surface area contributed by atoms with Crippen molar-refractivity contribution in [2.45, 2.75) is 44.9 Å². The number of carboxylic acid groups (broad SMARTS) is 1. The highest BCUT2D eigenvalue weighted by Gasteiger charge is 2.29. The molecule has 0 unspecified atom stereocenters. The van der Waals surface area contributed by atoms with Crippen LogP contribution in [0.1, 0.15) is 45.1 Å². The molecule has 120 valence electrons. The zero-order chi connectivity index (χ0) is 16.2. The van der Waals surface area contributed by atoms with E-state index in [1.165, 1.54) is 5.56 Å². The molecule has 0 aromatic heterocycles. The van der Waals surface area contributed by atoms with Crippen molar-refractivity contribution in [1.82, 2.24) is 4.90 Å². The number of likely N-dealkylation sites (tertiary alicyclic amines) is 1. The van der Waals surface area contributed by atoms with Gasteiger partial charge in [-0.2, -0.15) is 0 Å². The van der Waals surface area contributed by atoms with E-state index in [9.17, 15) is 9.59 Å². The molecule has 0 spiro atoms. The van der Waals surface area contributed by atoms with E-state index in [1.807, 2.05) is 18.2 Å². The van der Waals surface area contributed by atoms with Crippen molar-refractivity contribution in [3.05, 3.63) is 35.9 Å². The predicted molar refractivity (Wildman–Crippen MR) is 85.6 cm³/mol. The Morgan fingerprint density at radius 3 is 2.59 bits per heavy atom. The van der Waals surface area contributed by atoms with Crippen LogP contribution in [0.2, 0.25) is 0 Å². The zero-order valence-corrected chi connectivity index (χ0v) is 13.4. The monoisotopic (exact) mass is 303 g/mol. The first-order valence-electron chi connectivity index (χ1n) is 7.96. The Morgan fingerprint density at radius 2 is 1.95 bits per heavy atom. The van der Waals surface area contributed by atoms with Crippen molar-refractivity contribution < 1.29 is 14.7 Å². The standard InChI is InChI=1S/C18H25NO3/c1-18(2,15-8-4-3-5-9-15)11-10-16(20)19-12-6-7-14(13-19)17(21)22/h3-5,8-9,14H,6-7,10-13H2,1-2H3,(H,21,22)/t14-/m0/s1. The highest BCUT2D eigenvalue weighted by atomic mass is 16.4. The number of carboxylic acids is 1. The van der Waals surface area contributed by atoms with E-state index in [0.29, 0.717) is 25.9 Å². The lowest BCUT2D eigenvalue weighted by molar-refractivity contribution is -0.145. The van der Waals surface area contributed by atoms with Crippen LogP contribution in [0.15, 0.2) is 30.3 Å². The molecule has 1 amide bonds. The number of rotatable bonds is 5. The van der Waals surface area contributed by atoms with E-state index in [0.717, 1.165) is 12.8 Å². The van der Waals surface area contributed by atoms with Gasteiger partial charge in [-0.15, -0.1) is 0 Å². The van der Waals surface area contributed by atoms with Gasteiger partial charge in [0.15, 0.2) is 0 Å². The molecule has 1 atom stereocenters. The van der Waals surface area contributed by atoms with Gasteiger partial charge < -0.3 is 10.0 Å². The number of hydrogen-bond acceptors (Lipinski definition) is 2. The first-order chi connectivity index (χ1) is 10.4. The van der Waals surface area contributed by atoms with Crippen LogP contribution < -0.4 is 0 Å². The maximum atomic E-state index is 12.4. The van der Waals surface area contributed by atoms with Crippen LogP contribution in [-0.2, 0) is 15.0 Å². The van der Waals surface area contributed by atoms with Gasteiger partial charge >= 0.3 is 5.97 Å². The number of piperidine rings is 1. The minimum Gasteiger partial charge on any atom is -0.481 e. The second-order valence-corrected chi connectivity index (χ2v) is 6.77. The summed E-state index contributed by atoms with van der Waals surface area (Å²) >= 11 is 0. The SMILES string of the molecule is CC(C)(CCC(=O)N1CCC[C@H](C(=O)O)C1)c1ccccc1. The van der Waals surface area contributed by atoms with Crippen LogP contribution in [0.4, 0.5) is 0 Å². The van der Waals surface area contributed by atoms with E-state index in [1.54, 1.807) is 4.90 Å². The number of carbonyl (C=O) groups is 2. The quantitative estimate of drug-likeness (QED) is 0.909. The van der Waals surface area contributed by atoms with Gasteiger partial charge in [0.05, 0.1) is 5.92 Å². The second-order valence-electron chi connectivity index (χ2n) is 6.77. The molecule has 0 saturated carbocycles. The van der Waals surface area contributed by atoms with Crippen LogP contribution in [0.25, 0.3) is 0 Å². The minimum absolute atomic E-state index is 0.0566. The fourth-order valence-corrected chi connectivity index (χ4v) is 3.02. The molecular formula is C18H25NO3. The fourth-order valence-electron chi connectivity index (χ4n) is 3.02. The Morgan fingerprint density at radius 1 is 1.27 bits per heavy atom. The molecule has 1 aliphatic rings. The van der Waals surface area contributed by atoms with Gasteiger partial charge in [0.1, 0.15) is 0 Å². The number of benzene rings is 1. The number of aliphatic carboxylic acids is 1. The first kappa shape index (κ1) is 16.5. The number of nitrogens with zero attached hydrogens (tertiary/aromatic N) is 1. The van der Waals surface area contributed by atoms with E-state index < -0.39 is 11.9 Å². The smallest absolute Gasteiger partial charge is 0.308 e. The molecule has 4 heteroatoms. The largest absolute Gasteiger partial charge is 0.481 e. The van der Waals surface area contributed by atoms with Crippen LogP contribution in [0.3, 0.4) is 0 Å². The summed E-state index contributed by atoms with van der Waals surface area (Å²) in [5.74, 6) is -1.11. The van der Waals surface area contributed by atoms with Gasteiger partial charge in [0.2, 0.25) is 5.91 Å². The molecule has 1 aromatic carbocycles. The molecule has 1 aromatic rings. The van der Waals surface area contributed by atoms with Gasteiger partial charge in [-0.05, 0) is 30.2 Å². The summed E-state index contributed by atoms with van der Waals surface area (Å²) in [6.45, 7) is 5.34. The maximum absolute atomic E-state index is 12.4. The first-order valence-corrected chi connectivity index (χ1v) is 7.96. The summed E-state index contributed by atoms with van der Waals surface area (Å²) in [7, 11) is 0. The molecule has 1 saturated heterocycles. The lowest BCUT2D eigenvalue weighted by atomic mass is 9.80. The Bertz CT molecular complexity index is 524. The molecule has 0 aliphatic carbocycles. The van der Waals surface area contributed by atoms with Gasteiger partial charge in [-0.25, -0.2) is 0 Å². The van der Waals surface area contributed by atoms with Crippen molar-refractivity contribution in [3.8, 4) is 0 Å². The van der Waals surface area contributed by atoms with Gasteiger partial charge in [0.25, 0.3) is 0 Å². The number of carbonyl (C=O) groups excluding carboxylic acids is 1. The summed E-state index contributed by atoms with van der Waals surface area (Å²) in [5.41, 5.74) is 1.17. The maximum Gasteiger partial charge on any atom is 0.308 e. The molecule has 0 bridgehead atoms. The van der Waals surface area contributed by atoms with Crippen LogP contribution in [-0.4, -0.2) is 35.0 Å². The summed E-state index contributed by atoms with van der Waals surface area (Å²) < 4.78 is 0. The number of amides is 1. The third kappa shape index (κ3) is 4.09. The Labute approximate surface area is 132 Å². The van der Waals surface area contributed by atoms with E-state index >= 15 is 0 Å². The van der Waals surface area contributed by atoms with Crippen molar-refractivity contribution in [3.63, 3.8) is 0 Å². The lowest BCUT2D eigenvalue weighted by Crippen LogP contribution is -2.42. The van der Waals surface area contributed by atoms with Crippen LogP contribution >= 0.6 is 0 Å². The molecule has 1 heterocycles. The highest BCUT2D eigenvalue weighted by molar-refractivity contribution is 5.78. The minimum atomic E-state index is -0.790. The zero-order valence-electron chi connectivity index (χ0n) is 13.4. The van der Waals surface area contributed by atoms with Crippen molar-refractivity contribution in [2.75, 3.05) is 13.1 Å². The molecule has 1 N–H and O–H groups in total. The van der Waals surface area contributed by atoms with Crippen LogP contribution in [0.5, 0.6) is 0 Å². The summed E-state index contributed by atoms with van der Waals surface area (Å²) in [5, 5.41) is 9.11. The fraction of sp³-hybridized carbons (Fsp3) is 0.556. The average Bonchev–Trinajstić information content (AvgIpc) is 2.53. The summed E-state index contributed by atoms with van der Waals surface area (Å²) in [6.07, 6.45) is 2.69. The third-order valence-corrected chi connectivity index (χ3v) is 4.64. The highest BCUT2D eigenvalue weighted by Crippen LogP contribution is 2.29. The van der Waals surface area contributed by atoms with Gasteiger partial charge in [-0.1, -0.05) is 44.2 Å². The molecule has 2 rings (SSSR count). The summed E-state index contributed by atoms with van der Waals surface area (Å²) in [6, 6.07) is 10.2. The van der Waals surface area contributed by atoms with Crippen molar-refractivity contribution in [1.29, 1.82) is 0 Å². The summed E-state index contributed by atoms with van der Waals surface area (Å²) in [4.78, 5) is 25.2. The predicted octanol–water partition coefficient (Wildman–Crippen LogP) is 3.07. The van der Waals surface area contributed by atoms with Crippen LogP contribution in [0, 0.1) is 5.92 Å².